The van der Waals surface area contributed by atoms with Crippen molar-refractivity contribution < 1.29 is 8.42 Å². The number of aryl methyl sites for hydroxylation is 1. The smallest absolute Gasteiger partial charge is 0.241 e. The van der Waals surface area contributed by atoms with Gasteiger partial charge in [0.15, 0.2) is 0 Å². The number of benzene rings is 3. The van der Waals surface area contributed by atoms with E-state index < -0.39 is 16.1 Å². The highest BCUT2D eigenvalue weighted by Crippen LogP contribution is 2.30. The van der Waals surface area contributed by atoms with E-state index in [2.05, 4.69) is 39.6 Å². The van der Waals surface area contributed by atoms with Crippen molar-refractivity contribution in [2.75, 3.05) is 0 Å². The first-order valence-corrected chi connectivity index (χ1v) is 12.8. The summed E-state index contributed by atoms with van der Waals surface area (Å²) in [5.74, 6) is 0. The Bertz CT molecular complexity index is 1510. The summed E-state index contributed by atoms with van der Waals surface area (Å²) in [5.41, 5.74) is 6.30. The normalized spacial score (nSPS) is 12.6. The zero-order valence-corrected chi connectivity index (χ0v) is 19.7. The second kappa shape index (κ2) is 9.29. The molecule has 0 aliphatic carbocycles. The SMILES string of the molecule is Cc1ccc(S(=O)(=O)N[C@@H](Cc2cc(-c3ccccc3)n3ccccc23)c2ccccc2)cc1. The molecule has 1 atom stereocenters. The molecule has 170 valence electrons. The van der Waals surface area contributed by atoms with Gasteiger partial charge in [0.25, 0.3) is 0 Å². The van der Waals surface area contributed by atoms with Crippen LogP contribution in [-0.2, 0) is 16.4 Å². The maximum atomic E-state index is 13.3. The van der Waals surface area contributed by atoms with Gasteiger partial charge in [-0.3, -0.25) is 0 Å². The lowest BCUT2D eigenvalue weighted by atomic mass is 10.00. The molecule has 0 saturated heterocycles. The van der Waals surface area contributed by atoms with Crippen LogP contribution in [0.3, 0.4) is 0 Å². The highest BCUT2D eigenvalue weighted by Gasteiger charge is 2.23. The number of fused-ring (bicyclic) bond motifs is 1. The topological polar surface area (TPSA) is 50.6 Å². The van der Waals surface area contributed by atoms with Crippen molar-refractivity contribution >= 4 is 15.5 Å². The molecule has 0 aliphatic heterocycles. The number of nitrogens with zero attached hydrogens (tertiary/aromatic N) is 1. The van der Waals surface area contributed by atoms with E-state index in [1.807, 2.05) is 79.7 Å². The molecule has 0 spiro atoms. The summed E-state index contributed by atoms with van der Waals surface area (Å²) in [6, 6.07) is 34.8. The van der Waals surface area contributed by atoms with Gasteiger partial charge in [0.2, 0.25) is 10.0 Å². The Labute approximate surface area is 200 Å². The summed E-state index contributed by atoms with van der Waals surface area (Å²) in [7, 11) is -3.70. The van der Waals surface area contributed by atoms with E-state index >= 15 is 0 Å². The minimum Gasteiger partial charge on any atom is -0.316 e. The van der Waals surface area contributed by atoms with Gasteiger partial charge in [-0.2, -0.15) is 0 Å². The van der Waals surface area contributed by atoms with Gasteiger partial charge in [-0.15, -0.1) is 0 Å². The van der Waals surface area contributed by atoms with Crippen molar-refractivity contribution in [1.82, 2.24) is 9.12 Å². The highest BCUT2D eigenvalue weighted by molar-refractivity contribution is 7.89. The maximum Gasteiger partial charge on any atom is 0.241 e. The van der Waals surface area contributed by atoms with Crippen LogP contribution in [0.1, 0.15) is 22.7 Å². The van der Waals surface area contributed by atoms with E-state index in [0.29, 0.717) is 6.42 Å². The fraction of sp³-hybridized carbons (Fsp3) is 0.103. The first kappa shape index (κ1) is 22.1. The number of aromatic nitrogens is 1. The van der Waals surface area contributed by atoms with Crippen molar-refractivity contribution in [1.29, 1.82) is 0 Å². The van der Waals surface area contributed by atoms with Gasteiger partial charge in [-0.1, -0.05) is 84.4 Å². The number of pyridine rings is 1. The van der Waals surface area contributed by atoms with Gasteiger partial charge in [-0.25, -0.2) is 13.1 Å². The molecule has 1 N–H and O–H groups in total. The Hall–Kier alpha value is -3.67. The van der Waals surface area contributed by atoms with Crippen LogP contribution in [0.2, 0.25) is 0 Å². The summed E-state index contributed by atoms with van der Waals surface area (Å²) >= 11 is 0. The molecule has 2 heterocycles. The van der Waals surface area contributed by atoms with Crippen LogP contribution in [0, 0.1) is 6.92 Å². The molecule has 0 aliphatic rings. The van der Waals surface area contributed by atoms with E-state index in [0.717, 1.165) is 33.5 Å². The standard InChI is InChI=1S/C29H26N2O2S/c1-22-15-17-26(18-16-22)34(32,33)30-27(23-10-4-2-5-11-23)20-25-21-29(24-12-6-3-7-13-24)31-19-9-8-14-28(25)31/h2-19,21,27,30H,20H2,1H3/t27-/m0/s1. The molecule has 4 nitrogen and oxygen atoms in total. The Kier molecular flexibility index (Phi) is 6.05. The van der Waals surface area contributed by atoms with Gasteiger partial charge in [0.05, 0.1) is 16.6 Å². The maximum absolute atomic E-state index is 13.3. The van der Waals surface area contributed by atoms with Crippen LogP contribution in [0.5, 0.6) is 0 Å². The third-order valence-electron chi connectivity index (χ3n) is 6.08. The van der Waals surface area contributed by atoms with E-state index in [1.54, 1.807) is 12.1 Å². The largest absolute Gasteiger partial charge is 0.316 e. The fourth-order valence-corrected chi connectivity index (χ4v) is 5.55. The molecular weight excluding hydrogens is 440 g/mol. The van der Waals surface area contributed by atoms with Crippen molar-refractivity contribution in [2.24, 2.45) is 0 Å². The number of rotatable bonds is 7. The molecule has 0 radical (unpaired) electrons. The molecule has 0 saturated carbocycles. The van der Waals surface area contributed by atoms with Gasteiger partial charge >= 0.3 is 0 Å². The second-order valence-corrected chi connectivity index (χ2v) is 10.2. The van der Waals surface area contributed by atoms with Crippen molar-refractivity contribution in [3.63, 3.8) is 0 Å². The molecule has 5 rings (SSSR count). The fourth-order valence-electron chi connectivity index (χ4n) is 4.32. The van der Waals surface area contributed by atoms with Gasteiger partial charge in [-0.05, 0) is 60.4 Å². The lowest BCUT2D eigenvalue weighted by molar-refractivity contribution is 0.555. The number of sulfonamides is 1. The monoisotopic (exact) mass is 466 g/mol. The van der Waals surface area contributed by atoms with Crippen LogP contribution in [0.4, 0.5) is 0 Å². The molecule has 0 bridgehead atoms. The zero-order chi connectivity index (χ0) is 23.5. The summed E-state index contributed by atoms with van der Waals surface area (Å²) < 4.78 is 31.7. The molecule has 2 aromatic heterocycles. The third-order valence-corrected chi connectivity index (χ3v) is 7.57. The van der Waals surface area contributed by atoms with E-state index in [-0.39, 0.29) is 4.90 Å². The molecule has 0 fully saturated rings. The van der Waals surface area contributed by atoms with E-state index in [1.165, 1.54) is 0 Å². The molecule has 0 unspecified atom stereocenters. The Morgan fingerprint density at radius 1 is 0.794 bits per heavy atom. The molecule has 0 amide bonds. The average molecular weight is 467 g/mol. The first-order valence-electron chi connectivity index (χ1n) is 11.3. The van der Waals surface area contributed by atoms with Crippen LogP contribution in [0.15, 0.2) is 120 Å². The predicted molar refractivity (Wildman–Crippen MR) is 137 cm³/mol. The summed E-state index contributed by atoms with van der Waals surface area (Å²) in [5, 5.41) is 0. The molecule has 5 aromatic rings. The Balaban J connectivity index is 1.56. The molecule has 5 heteroatoms. The lowest BCUT2D eigenvalue weighted by Crippen LogP contribution is -2.30. The van der Waals surface area contributed by atoms with Gasteiger partial charge in [0.1, 0.15) is 0 Å². The lowest BCUT2D eigenvalue weighted by Gasteiger charge is -2.19. The van der Waals surface area contributed by atoms with Crippen molar-refractivity contribution in [3.8, 4) is 11.3 Å². The van der Waals surface area contributed by atoms with E-state index in [4.69, 9.17) is 0 Å². The van der Waals surface area contributed by atoms with Crippen LogP contribution < -0.4 is 4.72 Å². The number of nitrogens with one attached hydrogen (secondary N) is 1. The molecule has 34 heavy (non-hydrogen) atoms. The minimum atomic E-state index is -3.70. The van der Waals surface area contributed by atoms with Crippen LogP contribution in [-0.4, -0.2) is 12.8 Å². The number of hydrogen-bond donors (Lipinski definition) is 1. The van der Waals surface area contributed by atoms with Crippen molar-refractivity contribution in [3.05, 3.63) is 132 Å². The number of hydrogen-bond acceptors (Lipinski definition) is 2. The summed E-state index contributed by atoms with van der Waals surface area (Å²) in [6.45, 7) is 1.94. The zero-order valence-electron chi connectivity index (χ0n) is 18.9. The van der Waals surface area contributed by atoms with Crippen molar-refractivity contribution in [2.45, 2.75) is 24.3 Å². The van der Waals surface area contributed by atoms with Gasteiger partial charge < -0.3 is 4.40 Å². The Morgan fingerprint density at radius 3 is 2.15 bits per heavy atom. The average Bonchev–Trinajstić information content (AvgIpc) is 3.23. The highest BCUT2D eigenvalue weighted by atomic mass is 32.2. The molecular formula is C29H26N2O2S. The molecule has 3 aromatic carbocycles. The predicted octanol–water partition coefficient (Wildman–Crippen LogP) is 6.18. The first-order chi connectivity index (χ1) is 16.5. The third kappa shape index (κ3) is 4.53. The minimum absolute atomic E-state index is 0.269. The van der Waals surface area contributed by atoms with Crippen LogP contribution in [0.25, 0.3) is 16.8 Å². The van der Waals surface area contributed by atoms with Crippen LogP contribution >= 0.6 is 0 Å². The van der Waals surface area contributed by atoms with Gasteiger partial charge in [0, 0.05) is 11.7 Å². The second-order valence-electron chi connectivity index (χ2n) is 8.48. The van der Waals surface area contributed by atoms with E-state index in [9.17, 15) is 8.42 Å². The Morgan fingerprint density at radius 2 is 1.44 bits per heavy atom. The summed E-state index contributed by atoms with van der Waals surface area (Å²) in [4.78, 5) is 0.269. The quantitative estimate of drug-likeness (QED) is 0.311. The summed E-state index contributed by atoms with van der Waals surface area (Å²) in [6.07, 6.45) is 2.57.